The summed E-state index contributed by atoms with van der Waals surface area (Å²) in [5.74, 6) is -3.00. The summed E-state index contributed by atoms with van der Waals surface area (Å²) in [6, 6.07) is 0. The molecule has 2 nitrogen and oxygen atoms in total. The zero-order valence-electron chi connectivity index (χ0n) is 14.4. The van der Waals surface area contributed by atoms with Gasteiger partial charge in [0.1, 0.15) is 0 Å². The number of alkyl halides is 9. The van der Waals surface area contributed by atoms with Crippen molar-refractivity contribution < 1.29 is 44.3 Å². The zero-order chi connectivity index (χ0) is 20.8. The fourth-order valence-electron chi connectivity index (χ4n) is 2.50. The van der Waals surface area contributed by atoms with Crippen molar-refractivity contribution in [1.82, 2.24) is 4.90 Å². The van der Waals surface area contributed by atoms with Crippen LogP contribution in [-0.4, -0.2) is 42.4 Å². The molecule has 156 valence electrons. The molecule has 0 spiro atoms. The number of nitrogens with zero attached hydrogens (tertiary/aromatic N) is 1. The van der Waals surface area contributed by atoms with E-state index in [0.717, 1.165) is 0 Å². The van der Waals surface area contributed by atoms with Crippen molar-refractivity contribution in [3.05, 3.63) is 0 Å². The summed E-state index contributed by atoms with van der Waals surface area (Å²) in [6.07, 6.45) is -18.8. The molecule has 0 fully saturated rings. The second kappa shape index (κ2) is 9.16. The van der Waals surface area contributed by atoms with Gasteiger partial charge >= 0.3 is 23.9 Å². The van der Waals surface area contributed by atoms with Crippen LogP contribution in [0.3, 0.4) is 0 Å². The molecule has 0 aromatic rings. The Morgan fingerprint density at radius 2 is 0.962 bits per heavy atom. The second-order valence-corrected chi connectivity index (χ2v) is 5.95. The monoisotopic (exact) mass is 403 g/mol. The van der Waals surface area contributed by atoms with Gasteiger partial charge in [0.15, 0.2) is 0 Å². The molecule has 26 heavy (non-hydrogen) atoms. The van der Waals surface area contributed by atoms with Gasteiger partial charge in [-0.2, -0.15) is 39.5 Å². The van der Waals surface area contributed by atoms with Crippen molar-refractivity contribution in [2.45, 2.75) is 70.9 Å². The standard InChI is InChI=1S/C15H22F9NO/c1-3-5-7-9-25(10-8-6-4-2)11(26)12(13(16,17)18,14(19,20)21)15(22,23)24/h3-10H2,1-2H3. The second-order valence-electron chi connectivity index (χ2n) is 5.95. The van der Waals surface area contributed by atoms with E-state index in [2.05, 4.69) is 0 Å². The largest absolute Gasteiger partial charge is 0.421 e. The summed E-state index contributed by atoms with van der Waals surface area (Å²) in [7, 11) is 0. The van der Waals surface area contributed by atoms with Crippen LogP contribution in [0.1, 0.15) is 52.4 Å². The molecule has 0 atom stereocenters. The van der Waals surface area contributed by atoms with Crippen LogP contribution in [0, 0.1) is 5.41 Å². The van der Waals surface area contributed by atoms with Gasteiger partial charge in [-0.15, -0.1) is 0 Å². The molecule has 0 saturated carbocycles. The third-order valence-electron chi connectivity index (χ3n) is 3.95. The van der Waals surface area contributed by atoms with Gasteiger partial charge in [-0.25, -0.2) is 0 Å². The lowest BCUT2D eigenvalue weighted by Gasteiger charge is -2.40. The molecular weight excluding hydrogens is 381 g/mol. The zero-order valence-corrected chi connectivity index (χ0v) is 14.4. The summed E-state index contributed by atoms with van der Waals surface area (Å²) in [4.78, 5) is 12.1. The fraction of sp³-hybridized carbons (Fsp3) is 0.933. The summed E-state index contributed by atoms with van der Waals surface area (Å²) >= 11 is 0. The van der Waals surface area contributed by atoms with Crippen LogP contribution < -0.4 is 0 Å². The molecule has 0 aliphatic heterocycles. The lowest BCUT2D eigenvalue weighted by atomic mass is 9.83. The Morgan fingerprint density at radius 1 is 0.654 bits per heavy atom. The highest BCUT2D eigenvalue weighted by molar-refractivity contribution is 5.85. The minimum Gasteiger partial charge on any atom is -0.341 e. The van der Waals surface area contributed by atoms with Crippen LogP contribution in [0.2, 0.25) is 0 Å². The van der Waals surface area contributed by atoms with Crippen LogP contribution in [-0.2, 0) is 4.79 Å². The van der Waals surface area contributed by atoms with E-state index in [1.165, 1.54) is 0 Å². The molecule has 0 N–H and O–H groups in total. The molecule has 0 saturated heterocycles. The van der Waals surface area contributed by atoms with E-state index in [0.29, 0.717) is 25.7 Å². The van der Waals surface area contributed by atoms with Crippen LogP contribution in [0.25, 0.3) is 0 Å². The maximum atomic E-state index is 13.1. The Hall–Kier alpha value is -1.16. The lowest BCUT2D eigenvalue weighted by Crippen LogP contribution is -2.67. The average Bonchev–Trinajstić information content (AvgIpc) is 2.41. The maximum Gasteiger partial charge on any atom is 0.421 e. The summed E-state index contributed by atoms with van der Waals surface area (Å²) in [5, 5.41) is 0. The number of carbonyl (C=O) groups is 1. The molecule has 0 rings (SSSR count). The van der Waals surface area contributed by atoms with Crippen molar-refractivity contribution in [3.8, 4) is 0 Å². The number of unbranched alkanes of at least 4 members (excludes halogenated alkanes) is 4. The maximum absolute atomic E-state index is 13.1. The first-order valence-electron chi connectivity index (χ1n) is 8.18. The van der Waals surface area contributed by atoms with Gasteiger partial charge in [0.05, 0.1) is 0 Å². The number of rotatable bonds is 9. The van der Waals surface area contributed by atoms with Gasteiger partial charge in [0, 0.05) is 13.1 Å². The van der Waals surface area contributed by atoms with Gasteiger partial charge in [0.2, 0.25) is 0 Å². The molecule has 11 heteroatoms. The number of hydrogen-bond acceptors (Lipinski definition) is 1. The quantitative estimate of drug-likeness (QED) is 0.348. The normalized spacial score (nSPS) is 13.8. The summed E-state index contributed by atoms with van der Waals surface area (Å²) in [6.45, 7) is 2.18. The summed E-state index contributed by atoms with van der Waals surface area (Å²) in [5.41, 5.74) is -6.43. The number of halogens is 9. The number of amides is 1. The van der Waals surface area contributed by atoms with Crippen LogP contribution in [0.4, 0.5) is 39.5 Å². The molecule has 1 amide bonds. The highest BCUT2D eigenvalue weighted by Crippen LogP contribution is 2.60. The van der Waals surface area contributed by atoms with Crippen LogP contribution in [0.15, 0.2) is 0 Å². The van der Waals surface area contributed by atoms with E-state index in [1.807, 2.05) is 0 Å². The van der Waals surface area contributed by atoms with Crippen molar-refractivity contribution in [2.75, 3.05) is 13.1 Å². The van der Waals surface area contributed by atoms with Crippen molar-refractivity contribution in [1.29, 1.82) is 0 Å². The number of carbonyl (C=O) groups excluding carboxylic acids is 1. The third kappa shape index (κ3) is 5.18. The number of hydrogen-bond donors (Lipinski definition) is 0. The topological polar surface area (TPSA) is 20.3 Å². The summed E-state index contributed by atoms with van der Waals surface area (Å²) < 4.78 is 118. The highest BCUT2D eigenvalue weighted by atomic mass is 19.4. The Labute approximate surface area is 145 Å². The fourth-order valence-corrected chi connectivity index (χ4v) is 2.50. The van der Waals surface area contributed by atoms with Crippen molar-refractivity contribution in [2.24, 2.45) is 5.41 Å². The molecule has 0 aliphatic rings. The van der Waals surface area contributed by atoms with Crippen LogP contribution >= 0.6 is 0 Å². The smallest absolute Gasteiger partial charge is 0.341 e. The molecule has 0 aromatic carbocycles. The molecule has 0 aliphatic carbocycles. The molecular formula is C15H22F9NO. The first-order valence-corrected chi connectivity index (χ1v) is 8.18. The first-order chi connectivity index (χ1) is 11.7. The van der Waals surface area contributed by atoms with E-state index < -0.39 is 42.9 Å². The van der Waals surface area contributed by atoms with E-state index in [4.69, 9.17) is 0 Å². The predicted octanol–water partition coefficient (Wildman–Crippen LogP) is 5.87. The van der Waals surface area contributed by atoms with Crippen LogP contribution in [0.5, 0.6) is 0 Å². The third-order valence-corrected chi connectivity index (χ3v) is 3.95. The Morgan fingerprint density at radius 3 is 1.19 bits per heavy atom. The Kier molecular flexibility index (Phi) is 8.75. The van der Waals surface area contributed by atoms with Gasteiger partial charge in [-0.3, -0.25) is 4.79 Å². The van der Waals surface area contributed by atoms with Gasteiger partial charge in [-0.05, 0) is 12.8 Å². The highest BCUT2D eigenvalue weighted by Gasteiger charge is 2.88. The van der Waals surface area contributed by atoms with E-state index in [9.17, 15) is 44.3 Å². The molecule has 0 bridgehead atoms. The van der Waals surface area contributed by atoms with E-state index in [1.54, 1.807) is 13.8 Å². The minimum absolute atomic E-state index is 0.0119. The Bertz CT molecular complexity index is 394. The molecule has 0 aromatic heterocycles. The first kappa shape index (κ1) is 24.8. The molecule has 0 unspecified atom stereocenters. The Balaban J connectivity index is 6.11. The predicted molar refractivity (Wildman–Crippen MR) is 76.2 cm³/mol. The van der Waals surface area contributed by atoms with E-state index >= 15 is 0 Å². The van der Waals surface area contributed by atoms with Crippen molar-refractivity contribution >= 4 is 5.91 Å². The van der Waals surface area contributed by atoms with Gasteiger partial charge in [0.25, 0.3) is 5.91 Å². The molecule has 0 radical (unpaired) electrons. The SMILES string of the molecule is CCCCCN(CCCCC)C(=O)C(C(F)(F)F)(C(F)(F)F)C(F)(F)F. The molecule has 0 heterocycles. The van der Waals surface area contributed by atoms with Gasteiger partial charge < -0.3 is 4.90 Å². The lowest BCUT2D eigenvalue weighted by molar-refractivity contribution is -0.409. The van der Waals surface area contributed by atoms with Gasteiger partial charge in [-0.1, -0.05) is 39.5 Å². The van der Waals surface area contributed by atoms with Crippen molar-refractivity contribution in [3.63, 3.8) is 0 Å². The average molecular weight is 403 g/mol. The minimum atomic E-state index is -6.87. The van der Waals surface area contributed by atoms with E-state index in [-0.39, 0.29) is 17.7 Å².